The van der Waals surface area contributed by atoms with E-state index in [-0.39, 0.29) is 0 Å². The first-order valence-electron chi connectivity index (χ1n) is 9.67. The summed E-state index contributed by atoms with van der Waals surface area (Å²) in [6.45, 7) is 3.11. The molecular weight excluding hydrogens is 344 g/mol. The van der Waals surface area contributed by atoms with Gasteiger partial charge in [0.05, 0.1) is 18.5 Å². The smallest absolute Gasteiger partial charge is 0.141 e. The van der Waals surface area contributed by atoms with Gasteiger partial charge >= 0.3 is 0 Å². The van der Waals surface area contributed by atoms with E-state index in [2.05, 4.69) is 78.2 Å². The van der Waals surface area contributed by atoms with E-state index in [9.17, 15) is 0 Å². The first-order chi connectivity index (χ1) is 13.8. The first kappa shape index (κ1) is 18.1. The van der Waals surface area contributed by atoms with Crippen molar-refractivity contribution in [2.75, 3.05) is 7.11 Å². The average molecular weight is 368 g/mol. The molecule has 0 unspecified atom stereocenters. The van der Waals surface area contributed by atoms with Crippen molar-refractivity contribution < 1.29 is 4.74 Å². The van der Waals surface area contributed by atoms with Gasteiger partial charge in [-0.3, -0.25) is 0 Å². The lowest BCUT2D eigenvalue weighted by Crippen LogP contribution is -2.02. The maximum Gasteiger partial charge on any atom is 0.141 e. The summed E-state index contributed by atoms with van der Waals surface area (Å²) in [5.74, 6) is 1.84. The van der Waals surface area contributed by atoms with E-state index < -0.39 is 0 Å². The zero-order chi connectivity index (χ0) is 19.3. The predicted octanol–water partition coefficient (Wildman–Crippen LogP) is 6.30. The number of hydrogen-bond donors (Lipinski definition) is 0. The van der Waals surface area contributed by atoms with Crippen molar-refractivity contribution in [3.63, 3.8) is 0 Å². The van der Waals surface area contributed by atoms with Gasteiger partial charge < -0.3 is 9.30 Å². The standard InChI is InChI=1S/C25H24N2O/c1-3-18-27-24(20-12-8-5-9-13-20)23(19-10-6-4-7-11-19)26-25(27)21-14-16-22(28-2)17-15-21/h4-17H,3,18H2,1-2H3. The fourth-order valence-corrected chi connectivity index (χ4v) is 3.54. The van der Waals surface area contributed by atoms with Gasteiger partial charge in [-0.1, -0.05) is 67.6 Å². The van der Waals surface area contributed by atoms with E-state index in [0.29, 0.717) is 0 Å². The molecule has 0 radical (unpaired) electrons. The zero-order valence-electron chi connectivity index (χ0n) is 16.3. The number of rotatable bonds is 6. The summed E-state index contributed by atoms with van der Waals surface area (Å²) in [7, 11) is 1.69. The van der Waals surface area contributed by atoms with Gasteiger partial charge in [-0.25, -0.2) is 4.98 Å². The van der Waals surface area contributed by atoms with Crippen LogP contribution in [-0.2, 0) is 6.54 Å². The van der Waals surface area contributed by atoms with Crippen LogP contribution in [0.4, 0.5) is 0 Å². The fourth-order valence-electron chi connectivity index (χ4n) is 3.54. The lowest BCUT2D eigenvalue weighted by Gasteiger charge is -2.12. The Labute approximate surface area is 166 Å². The zero-order valence-corrected chi connectivity index (χ0v) is 16.3. The predicted molar refractivity (Wildman–Crippen MR) is 115 cm³/mol. The van der Waals surface area contributed by atoms with Crippen LogP contribution in [-0.4, -0.2) is 16.7 Å². The maximum atomic E-state index is 5.32. The summed E-state index contributed by atoms with van der Waals surface area (Å²) in [5.41, 5.74) is 5.59. The van der Waals surface area contributed by atoms with Gasteiger partial charge in [0.25, 0.3) is 0 Å². The number of ether oxygens (including phenoxy) is 1. The minimum atomic E-state index is 0.851. The molecule has 0 N–H and O–H groups in total. The van der Waals surface area contributed by atoms with E-state index in [1.54, 1.807) is 7.11 Å². The van der Waals surface area contributed by atoms with Gasteiger partial charge in [-0.2, -0.15) is 0 Å². The summed E-state index contributed by atoms with van der Waals surface area (Å²) in [4.78, 5) is 5.12. The van der Waals surface area contributed by atoms with Crippen LogP contribution >= 0.6 is 0 Å². The van der Waals surface area contributed by atoms with E-state index in [1.807, 2.05) is 18.2 Å². The number of imidazole rings is 1. The maximum absolute atomic E-state index is 5.32. The second kappa shape index (κ2) is 8.13. The molecule has 3 aromatic carbocycles. The summed E-state index contributed by atoms with van der Waals surface area (Å²) in [6, 6.07) is 29.1. The van der Waals surface area contributed by atoms with Crippen LogP contribution < -0.4 is 4.74 Å². The second-order valence-corrected chi connectivity index (χ2v) is 6.74. The summed E-state index contributed by atoms with van der Waals surface area (Å²) in [5, 5.41) is 0. The van der Waals surface area contributed by atoms with Crippen LogP contribution in [0.25, 0.3) is 33.9 Å². The quantitative estimate of drug-likeness (QED) is 0.399. The minimum absolute atomic E-state index is 0.851. The Hall–Kier alpha value is -3.33. The molecule has 3 nitrogen and oxygen atoms in total. The van der Waals surface area contributed by atoms with Gasteiger partial charge in [0, 0.05) is 23.2 Å². The Morgan fingerprint density at radius 3 is 1.93 bits per heavy atom. The molecule has 0 aliphatic heterocycles. The third kappa shape index (κ3) is 3.44. The second-order valence-electron chi connectivity index (χ2n) is 6.74. The average Bonchev–Trinajstić information content (AvgIpc) is 3.14. The van der Waals surface area contributed by atoms with Crippen LogP contribution in [0.3, 0.4) is 0 Å². The molecule has 1 heterocycles. The molecule has 0 amide bonds. The van der Waals surface area contributed by atoms with Crippen LogP contribution in [0.1, 0.15) is 13.3 Å². The lowest BCUT2D eigenvalue weighted by atomic mass is 10.0. The Bertz CT molecular complexity index is 1040. The highest BCUT2D eigenvalue weighted by Crippen LogP contribution is 2.36. The Morgan fingerprint density at radius 1 is 0.750 bits per heavy atom. The molecule has 0 spiro atoms. The molecule has 3 heteroatoms. The van der Waals surface area contributed by atoms with Gasteiger partial charge in [0.1, 0.15) is 11.6 Å². The molecule has 4 aromatic rings. The topological polar surface area (TPSA) is 27.1 Å². The van der Waals surface area contributed by atoms with Crippen LogP contribution in [0, 0.1) is 0 Å². The number of methoxy groups -OCH3 is 1. The minimum Gasteiger partial charge on any atom is -0.497 e. The first-order valence-corrected chi connectivity index (χ1v) is 9.67. The molecule has 140 valence electrons. The molecule has 0 aliphatic carbocycles. The molecule has 0 fully saturated rings. The largest absolute Gasteiger partial charge is 0.497 e. The summed E-state index contributed by atoms with van der Waals surface area (Å²) >= 11 is 0. The molecule has 28 heavy (non-hydrogen) atoms. The van der Waals surface area contributed by atoms with Crippen molar-refractivity contribution in [3.8, 4) is 39.7 Å². The molecule has 0 saturated heterocycles. The van der Waals surface area contributed by atoms with Gasteiger partial charge in [-0.05, 0) is 30.7 Å². The SMILES string of the molecule is CCCn1c(-c2ccc(OC)cc2)nc(-c2ccccc2)c1-c1ccccc1. The van der Waals surface area contributed by atoms with Crippen LogP contribution in [0.5, 0.6) is 5.75 Å². The van der Waals surface area contributed by atoms with Crippen molar-refractivity contribution in [2.45, 2.75) is 19.9 Å². The highest BCUT2D eigenvalue weighted by Gasteiger charge is 2.20. The highest BCUT2D eigenvalue weighted by atomic mass is 16.5. The molecule has 0 saturated carbocycles. The summed E-state index contributed by atoms with van der Waals surface area (Å²) in [6.07, 6.45) is 1.04. The van der Waals surface area contributed by atoms with E-state index in [1.165, 1.54) is 11.3 Å². The normalized spacial score (nSPS) is 10.8. The monoisotopic (exact) mass is 368 g/mol. The van der Waals surface area contributed by atoms with Gasteiger partial charge in [0.2, 0.25) is 0 Å². The number of nitrogens with zero attached hydrogens (tertiary/aromatic N) is 2. The molecule has 0 bridgehead atoms. The highest BCUT2D eigenvalue weighted by molar-refractivity contribution is 5.82. The van der Waals surface area contributed by atoms with Gasteiger partial charge in [0.15, 0.2) is 0 Å². The molecular formula is C25H24N2O. The fraction of sp³-hybridized carbons (Fsp3) is 0.160. The van der Waals surface area contributed by atoms with Crippen molar-refractivity contribution >= 4 is 0 Å². The Morgan fingerprint density at radius 2 is 1.36 bits per heavy atom. The molecule has 0 aliphatic rings. The van der Waals surface area contributed by atoms with E-state index in [0.717, 1.165) is 41.4 Å². The van der Waals surface area contributed by atoms with Crippen LogP contribution in [0.2, 0.25) is 0 Å². The molecule has 0 atom stereocenters. The number of benzene rings is 3. The lowest BCUT2D eigenvalue weighted by molar-refractivity contribution is 0.415. The van der Waals surface area contributed by atoms with Crippen LogP contribution in [0.15, 0.2) is 84.9 Å². The number of hydrogen-bond acceptors (Lipinski definition) is 2. The number of aromatic nitrogens is 2. The van der Waals surface area contributed by atoms with E-state index >= 15 is 0 Å². The van der Waals surface area contributed by atoms with Crippen molar-refractivity contribution in [1.82, 2.24) is 9.55 Å². The molecule has 1 aromatic heterocycles. The van der Waals surface area contributed by atoms with Crippen molar-refractivity contribution in [1.29, 1.82) is 0 Å². The van der Waals surface area contributed by atoms with E-state index in [4.69, 9.17) is 9.72 Å². The third-order valence-electron chi connectivity index (χ3n) is 4.86. The Kier molecular flexibility index (Phi) is 5.24. The molecule has 4 rings (SSSR count). The summed E-state index contributed by atoms with van der Waals surface area (Å²) < 4.78 is 7.67. The van der Waals surface area contributed by atoms with Crippen molar-refractivity contribution in [2.24, 2.45) is 0 Å². The third-order valence-corrected chi connectivity index (χ3v) is 4.86. The Balaban J connectivity index is 1.97. The van der Waals surface area contributed by atoms with Crippen molar-refractivity contribution in [3.05, 3.63) is 84.9 Å². The van der Waals surface area contributed by atoms with Gasteiger partial charge in [-0.15, -0.1) is 0 Å².